The van der Waals surface area contributed by atoms with E-state index in [1.807, 2.05) is 0 Å². The van der Waals surface area contributed by atoms with Crippen LogP contribution < -0.4 is 10.6 Å². The molecule has 0 aliphatic heterocycles. The molecule has 1 aromatic rings. The minimum Gasteiger partial charge on any atom is -0.469 e. The summed E-state index contributed by atoms with van der Waals surface area (Å²) >= 11 is 0. The molecule has 2 N–H and O–H groups in total. The number of methoxy groups -OCH3 is 1. The van der Waals surface area contributed by atoms with Crippen LogP contribution in [-0.4, -0.2) is 36.5 Å². The van der Waals surface area contributed by atoms with Gasteiger partial charge in [0.2, 0.25) is 5.91 Å². The van der Waals surface area contributed by atoms with Crippen LogP contribution in [-0.2, 0) is 20.5 Å². The SMILES string of the molecule is COC(=O)CC(C)NC(=O)CCNc1ccc(C(F)(F)F)cc1[N+](=O)[O-]. The molecule has 1 atom stereocenters. The van der Waals surface area contributed by atoms with Crippen molar-refractivity contribution in [3.8, 4) is 0 Å². The average Bonchev–Trinajstić information content (AvgIpc) is 2.53. The number of ether oxygens (including phenoxy) is 1. The number of carbonyl (C=O) groups excluding carboxylic acids is 2. The fraction of sp³-hybridized carbons (Fsp3) is 0.467. The van der Waals surface area contributed by atoms with Crippen LogP contribution in [0.4, 0.5) is 24.5 Å². The molecule has 0 spiro atoms. The number of nitro benzene ring substituents is 1. The number of benzene rings is 1. The quantitative estimate of drug-likeness (QED) is 0.409. The predicted molar refractivity (Wildman–Crippen MR) is 85.4 cm³/mol. The van der Waals surface area contributed by atoms with Gasteiger partial charge in [0.05, 0.1) is 24.0 Å². The number of carbonyl (C=O) groups is 2. The van der Waals surface area contributed by atoms with Crippen molar-refractivity contribution in [1.82, 2.24) is 5.32 Å². The molecule has 1 aromatic carbocycles. The van der Waals surface area contributed by atoms with Gasteiger partial charge in [0, 0.05) is 25.1 Å². The lowest BCUT2D eigenvalue weighted by atomic mass is 10.1. The summed E-state index contributed by atoms with van der Waals surface area (Å²) in [5, 5.41) is 16.1. The van der Waals surface area contributed by atoms with Crippen LogP contribution in [0.15, 0.2) is 18.2 Å². The third kappa shape index (κ3) is 6.57. The Balaban J connectivity index is 2.63. The summed E-state index contributed by atoms with van der Waals surface area (Å²) in [5.74, 6) is -0.917. The van der Waals surface area contributed by atoms with Crippen molar-refractivity contribution in [3.63, 3.8) is 0 Å². The number of hydrogen-bond acceptors (Lipinski definition) is 6. The van der Waals surface area contributed by atoms with Gasteiger partial charge in [0.15, 0.2) is 0 Å². The molecule has 0 fully saturated rings. The van der Waals surface area contributed by atoms with Gasteiger partial charge >= 0.3 is 12.1 Å². The molecule has 0 aromatic heterocycles. The van der Waals surface area contributed by atoms with E-state index < -0.39 is 40.3 Å². The highest BCUT2D eigenvalue weighted by atomic mass is 19.4. The minimum absolute atomic E-state index is 0.0138. The van der Waals surface area contributed by atoms with Gasteiger partial charge in [0.25, 0.3) is 5.69 Å². The monoisotopic (exact) mass is 377 g/mol. The molecule has 11 heteroatoms. The molecule has 0 aliphatic rings. The number of halogens is 3. The highest BCUT2D eigenvalue weighted by Crippen LogP contribution is 2.34. The van der Waals surface area contributed by atoms with Crippen molar-refractivity contribution in [2.45, 2.75) is 32.0 Å². The number of amides is 1. The summed E-state index contributed by atoms with van der Waals surface area (Å²) in [4.78, 5) is 32.8. The first-order chi connectivity index (χ1) is 12.0. The number of hydrogen-bond donors (Lipinski definition) is 2. The number of anilines is 1. The minimum atomic E-state index is -4.70. The van der Waals surface area contributed by atoms with E-state index in [4.69, 9.17) is 0 Å². The van der Waals surface area contributed by atoms with E-state index in [0.717, 1.165) is 6.07 Å². The Bertz CT molecular complexity index is 679. The van der Waals surface area contributed by atoms with Crippen molar-refractivity contribution in [2.24, 2.45) is 0 Å². The maximum absolute atomic E-state index is 12.6. The van der Waals surface area contributed by atoms with E-state index in [0.29, 0.717) is 12.1 Å². The molecule has 0 saturated carbocycles. The Morgan fingerprint density at radius 2 is 2.00 bits per heavy atom. The summed E-state index contributed by atoms with van der Waals surface area (Å²) in [6, 6.07) is 1.63. The topological polar surface area (TPSA) is 111 Å². The standard InChI is InChI=1S/C15H18F3N3O5/c1-9(7-14(23)26-2)20-13(22)5-6-19-11-4-3-10(15(16,17)18)8-12(11)21(24)25/h3-4,8-9,19H,5-7H2,1-2H3,(H,20,22). The largest absolute Gasteiger partial charge is 0.469 e. The lowest BCUT2D eigenvalue weighted by molar-refractivity contribution is -0.384. The van der Waals surface area contributed by atoms with Crippen LogP contribution in [0.25, 0.3) is 0 Å². The van der Waals surface area contributed by atoms with Crippen molar-refractivity contribution < 1.29 is 32.4 Å². The summed E-state index contributed by atoms with van der Waals surface area (Å²) < 4.78 is 42.4. The Labute approximate surface area is 146 Å². The van der Waals surface area contributed by atoms with Gasteiger partial charge in [-0.15, -0.1) is 0 Å². The molecule has 26 heavy (non-hydrogen) atoms. The first-order valence-electron chi connectivity index (χ1n) is 7.50. The Morgan fingerprint density at radius 1 is 1.35 bits per heavy atom. The van der Waals surface area contributed by atoms with Gasteiger partial charge < -0.3 is 15.4 Å². The number of alkyl halides is 3. The molecular formula is C15H18F3N3O5. The zero-order chi connectivity index (χ0) is 19.9. The summed E-state index contributed by atoms with van der Waals surface area (Å²) in [5.41, 5.74) is -2.00. The summed E-state index contributed by atoms with van der Waals surface area (Å²) in [7, 11) is 1.22. The molecule has 8 nitrogen and oxygen atoms in total. The number of esters is 1. The molecule has 1 unspecified atom stereocenters. The lowest BCUT2D eigenvalue weighted by Crippen LogP contribution is -2.35. The maximum Gasteiger partial charge on any atom is 0.416 e. The second kappa shape index (κ2) is 9.02. The zero-order valence-electron chi connectivity index (χ0n) is 14.1. The van der Waals surface area contributed by atoms with Crippen LogP contribution in [0.3, 0.4) is 0 Å². The number of nitro groups is 1. The molecule has 1 rings (SSSR count). The van der Waals surface area contributed by atoms with Crippen LogP contribution in [0.1, 0.15) is 25.3 Å². The third-order valence-electron chi connectivity index (χ3n) is 3.30. The highest BCUT2D eigenvalue weighted by molar-refractivity contribution is 5.78. The van der Waals surface area contributed by atoms with Gasteiger partial charge in [0.1, 0.15) is 5.69 Å². The Morgan fingerprint density at radius 3 is 2.54 bits per heavy atom. The van der Waals surface area contributed by atoms with E-state index in [1.54, 1.807) is 6.92 Å². The summed E-state index contributed by atoms with van der Waals surface area (Å²) in [6.07, 6.45) is -4.80. The van der Waals surface area contributed by atoms with E-state index in [2.05, 4.69) is 15.4 Å². The van der Waals surface area contributed by atoms with Crippen LogP contribution in [0, 0.1) is 10.1 Å². The predicted octanol–water partition coefficient (Wildman–Crippen LogP) is 2.48. The van der Waals surface area contributed by atoms with E-state index in [9.17, 15) is 32.9 Å². The molecule has 1 amide bonds. The number of nitrogens with one attached hydrogen (secondary N) is 2. The third-order valence-corrected chi connectivity index (χ3v) is 3.30. The average molecular weight is 377 g/mol. The molecule has 0 aliphatic carbocycles. The lowest BCUT2D eigenvalue weighted by Gasteiger charge is -2.13. The summed E-state index contributed by atoms with van der Waals surface area (Å²) in [6.45, 7) is 1.56. The second-order valence-corrected chi connectivity index (χ2v) is 5.41. The van der Waals surface area contributed by atoms with Crippen LogP contribution >= 0.6 is 0 Å². The molecule has 0 bridgehead atoms. The van der Waals surface area contributed by atoms with Gasteiger partial charge in [-0.05, 0) is 19.1 Å². The fourth-order valence-electron chi connectivity index (χ4n) is 2.05. The van der Waals surface area contributed by atoms with Crippen molar-refractivity contribution in [2.75, 3.05) is 19.0 Å². The fourth-order valence-corrected chi connectivity index (χ4v) is 2.05. The highest BCUT2D eigenvalue weighted by Gasteiger charge is 2.33. The zero-order valence-corrected chi connectivity index (χ0v) is 14.1. The molecule has 0 radical (unpaired) electrons. The molecule has 0 saturated heterocycles. The number of rotatable bonds is 8. The first-order valence-corrected chi connectivity index (χ1v) is 7.50. The van der Waals surface area contributed by atoms with Crippen molar-refractivity contribution >= 4 is 23.3 Å². The molecule has 144 valence electrons. The van der Waals surface area contributed by atoms with Crippen LogP contribution in [0.2, 0.25) is 0 Å². The molecule has 0 heterocycles. The van der Waals surface area contributed by atoms with Gasteiger partial charge in [-0.3, -0.25) is 19.7 Å². The Kier molecular flexibility index (Phi) is 7.35. The number of nitrogens with zero attached hydrogens (tertiary/aromatic N) is 1. The maximum atomic E-state index is 12.6. The van der Waals surface area contributed by atoms with Gasteiger partial charge in [-0.25, -0.2) is 0 Å². The normalized spacial score (nSPS) is 12.2. The Hall–Kier alpha value is -2.85. The van der Waals surface area contributed by atoms with Gasteiger partial charge in [-0.2, -0.15) is 13.2 Å². The van der Waals surface area contributed by atoms with Crippen molar-refractivity contribution in [3.05, 3.63) is 33.9 Å². The first kappa shape index (κ1) is 21.2. The smallest absolute Gasteiger partial charge is 0.416 e. The van der Waals surface area contributed by atoms with E-state index >= 15 is 0 Å². The van der Waals surface area contributed by atoms with Crippen LogP contribution in [0.5, 0.6) is 0 Å². The molecular weight excluding hydrogens is 359 g/mol. The van der Waals surface area contributed by atoms with Gasteiger partial charge in [-0.1, -0.05) is 0 Å². The van der Waals surface area contributed by atoms with E-state index in [1.165, 1.54) is 7.11 Å². The second-order valence-electron chi connectivity index (χ2n) is 5.41. The van der Waals surface area contributed by atoms with Crippen molar-refractivity contribution in [1.29, 1.82) is 0 Å². The van der Waals surface area contributed by atoms with E-state index in [-0.39, 0.29) is 25.1 Å².